The Bertz CT molecular complexity index is 517. The monoisotopic (exact) mass is 564 g/mol. The SMILES string of the molecule is CCCCCP(CCCCC)c1ccc[cH-]1.CCCCCP(CCCCC)c1ccc[cH-]1.[Zr+2]. The molecule has 0 fully saturated rings. The predicted octanol–water partition coefficient (Wildman–Crippen LogP) is 9.78. The summed E-state index contributed by atoms with van der Waals surface area (Å²) in [5.74, 6) is 0. The molecule has 0 saturated carbocycles. The topological polar surface area (TPSA) is 0 Å². The van der Waals surface area contributed by atoms with E-state index in [0.717, 1.165) is 0 Å². The molecule has 0 nitrogen and oxygen atoms in total. The van der Waals surface area contributed by atoms with Gasteiger partial charge in [0, 0.05) is 0 Å². The molecule has 0 amide bonds. The van der Waals surface area contributed by atoms with Crippen LogP contribution in [0, 0.1) is 0 Å². The van der Waals surface area contributed by atoms with Crippen LogP contribution in [0.1, 0.15) is 105 Å². The Hall–Kier alpha value is 0.443. The van der Waals surface area contributed by atoms with Gasteiger partial charge in [0.1, 0.15) is 0 Å². The van der Waals surface area contributed by atoms with E-state index < -0.39 is 0 Å². The standard InChI is InChI=1S/2C15H26P.Zr/c2*1-3-5-9-13-16(14-10-6-4-2)15-11-7-8-12-15;/h2*7-8,11-12H,3-6,9-10,13-14H2,1-2H3;/q2*-1;+2. The van der Waals surface area contributed by atoms with Crippen LogP contribution in [0.2, 0.25) is 0 Å². The van der Waals surface area contributed by atoms with Crippen LogP contribution in [0.15, 0.2) is 48.5 Å². The molecule has 0 bridgehead atoms. The van der Waals surface area contributed by atoms with E-state index in [4.69, 9.17) is 0 Å². The quantitative estimate of drug-likeness (QED) is 0.0958. The molecule has 0 radical (unpaired) electrons. The fraction of sp³-hybridized carbons (Fsp3) is 0.667. The molecule has 0 unspecified atom stereocenters. The first-order valence-electron chi connectivity index (χ1n) is 13.7. The maximum Gasteiger partial charge on any atom is 2.00 e. The molecule has 3 heteroatoms. The van der Waals surface area contributed by atoms with Crippen molar-refractivity contribution in [1.82, 2.24) is 0 Å². The molecule has 0 saturated heterocycles. The maximum absolute atomic E-state index is 2.34. The zero-order valence-corrected chi connectivity index (χ0v) is 26.6. The van der Waals surface area contributed by atoms with E-state index in [1.54, 1.807) is 10.6 Å². The van der Waals surface area contributed by atoms with Crippen LogP contribution >= 0.6 is 15.8 Å². The summed E-state index contributed by atoms with van der Waals surface area (Å²) in [5, 5.41) is 3.28. The summed E-state index contributed by atoms with van der Waals surface area (Å²) in [7, 11) is 0.316. The third kappa shape index (κ3) is 16.7. The summed E-state index contributed by atoms with van der Waals surface area (Å²) in [6.45, 7) is 9.17. The molecule has 0 aromatic heterocycles. The van der Waals surface area contributed by atoms with Gasteiger partial charge in [-0.1, -0.05) is 79.1 Å². The van der Waals surface area contributed by atoms with Gasteiger partial charge in [-0.25, -0.2) is 24.3 Å². The molecular formula is C30H52P2Zr. The summed E-state index contributed by atoms with van der Waals surface area (Å²) in [6, 6.07) is 18.1. The molecule has 0 heterocycles. The minimum absolute atomic E-state index is 0. The zero-order chi connectivity index (χ0) is 23.3. The summed E-state index contributed by atoms with van der Waals surface area (Å²) in [5.41, 5.74) is 0. The molecule has 186 valence electrons. The van der Waals surface area contributed by atoms with Crippen molar-refractivity contribution in [3.8, 4) is 0 Å². The van der Waals surface area contributed by atoms with Gasteiger partial charge >= 0.3 is 26.2 Å². The van der Waals surface area contributed by atoms with E-state index in [0.29, 0.717) is 0 Å². The first kappa shape index (κ1) is 33.4. The van der Waals surface area contributed by atoms with E-state index >= 15 is 0 Å². The Balaban J connectivity index is 0.000000602. The van der Waals surface area contributed by atoms with E-state index in [1.165, 1.54) is 102 Å². The van der Waals surface area contributed by atoms with Gasteiger partial charge in [-0.2, -0.15) is 24.3 Å². The number of hydrogen-bond donors (Lipinski definition) is 0. The van der Waals surface area contributed by atoms with Crippen LogP contribution in [0.25, 0.3) is 0 Å². The maximum atomic E-state index is 2.34. The van der Waals surface area contributed by atoms with Crippen molar-refractivity contribution in [3.63, 3.8) is 0 Å². The van der Waals surface area contributed by atoms with Crippen molar-refractivity contribution in [2.45, 2.75) is 105 Å². The smallest absolute Gasteiger partial charge is 0.213 e. The fourth-order valence-corrected chi connectivity index (χ4v) is 9.19. The second-order valence-corrected chi connectivity index (χ2v) is 14.1. The van der Waals surface area contributed by atoms with Crippen molar-refractivity contribution in [1.29, 1.82) is 0 Å². The summed E-state index contributed by atoms with van der Waals surface area (Å²) >= 11 is 0. The van der Waals surface area contributed by atoms with E-state index in [-0.39, 0.29) is 42.0 Å². The van der Waals surface area contributed by atoms with Crippen molar-refractivity contribution in [3.05, 3.63) is 48.5 Å². The summed E-state index contributed by atoms with van der Waals surface area (Å²) in [6.07, 6.45) is 22.6. The van der Waals surface area contributed by atoms with E-state index in [2.05, 4.69) is 76.2 Å². The van der Waals surface area contributed by atoms with Crippen molar-refractivity contribution in [2.24, 2.45) is 0 Å². The zero-order valence-electron chi connectivity index (χ0n) is 22.3. The number of hydrogen-bond acceptors (Lipinski definition) is 0. The summed E-state index contributed by atoms with van der Waals surface area (Å²) < 4.78 is 0. The fourth-order valence-electron chi connectivity index (χ4n) is 4.10. The molecular weight excluding hydrogens is 514 g/mol. The molecule has 0 spiro atoms. The van der Waals surface area contributed by atoms with Crippen molar-refractivity contribution < 1.29 is 26.2 Å². The molecule has 0 aliphatic heterocycles. The van der Waals surface area contributed by atoms with Gasteiger partial charge in [0.25, 0.3) is 0 Å². The number of unbranched alkanes of at least 4 members (excludes halogenated alkanes) is 8. The minimum atomic E-state index is 0. The predicted molar refractivity (Wildman–Crippen MR) is 155 cm³/mol. The molecule has 33 heavy (non-hydrogen) atoms. The van der Waals surface area contributed by atoms with Gasteiger partial charge in [-0.3, -0.25) is 0 Å². The first-order valence-corrected chi connectivity index (χ1v) is 17.1. The van der Waals surface area contributed by atoms with Crippen LogP contribution < -0.4 is 10.6 Å². The van der Waals surface area contributed by atoms with Crippen LogP contribution in [0.4, 0.5) is 0 Å². The Morgan fingerprint density at radius 1 is 0.515 bits per heavy atom. The molecule has 2 aromatic carbocycles. The van der Waals surface area contributed by atoms with E-state index in [1.807, 2.05) is 0 Å². The summed E-state index contributed by atoms with van der Waals surface area (Å²) in [4.78, 5) is 0. The minimum Gasteiger partial charge on any atom is -0.213 e. The third-order valence-electron chi connectivity index (χ3n) is 6.15. The second kappa shape index (κ2) is 24.2. The Morgan fingerprint density at radius 3 is 1.03 bits per heavy atom. The van der Waals surface area contributed by atoms with Crippen LogP contribution in [0.5, 0.6) is 0 Å². The van der Waals surface area contributed by atoms with Gasteiger partial charge in [0.05, 0.1) is 0 Å². The molecule has 0 aliphatic carbocycles. The molecule has 0 atom stereocenters. The second-order valence-electron chi connectivity index (χ2n) is 9.09. The molecule has 2 rings (SSSR count). The number of rotatable bonds is 18. The van der Waals surface area contributed by atoms with Crippen LogP contribution in [-0.2, 0) is 26.2 Å². The molecule has 0 aliphatic rings. The normalized spacial score (nSPS) is 10.8. The third-order valence-corrected chi connectivity index (χ3v) is 11.6. The first-order chi connectivity index (χ1) is 15.8. The van der Waals surface area contributed by atoms with Gasteiger partial charge in [0.15, 0.2) is 0 Å². The van der Waals surface area contributed by atoms with Crippen LogP contribution in [-0.4, -0.2) is 24.6 Å². The Kier molecular flexibility index (Phi) is 24.5. The van der Waals surface area contributed by atoms with Gasteiger partial charge < -0.3 is 0 Å². The van der Waals surface area contributed by atoms with Gasteiger partial charge in [0.2, 0.25) is 0 Å². The largest absolute Gasteiger partial charge is 2.00 e. The Morgan fingerprint density at radius 2 is 0.818 bits per heavy atom. The Labute approximate surface area is 229 Å². The average Bonchev–Trinajstić information content (AvgIpc) is 3.53. The average molecular weight is 566 g/mol. The van der Waals surface area contributed by atoms with Crippen molar-refractivity contribution >= 4 is 26.5 Å². The molecule has 0 N–H and O–H groups in total. The van der Waals surface area contributed by atoms with Gasteiger partial charge in [-0.05, 0) is 50.3 Å². The molecule has 2 aromatic rings. The van der Waals surface area contributed by atoms with Crippen molar-refractivity contribution in [2.75, 3.05) is 24.6 Å². The van der Waals surface area contributed by atoms with Gasteiger partial charge in [-0.15, -0.1) is 26.5 Å². The van der Waals surface area contributed by atoms with Crippen LogP contribution in [0.3, 0.4) is 0 Å². The van der Waals surface area contributed by atoms with E-state index in [9.17, 15) is 0 Å².